The number of nitrogens with zero attached hydrogens (tertiary/aromatic N) is 2. The van der Waals surface area contributed by atoms with E-state index in [1.165, 1.54) is 0 Å². The Labute approximate surface area is 172 Å². The van der Waals surface area contributed by atoms with E-state index in [0.29, 0.717) is 17.5 Å². The van der Waals surface area contributed by atoms with Gasteiger partial charge < -0.3 is 4.98 Å². The number of nitriles is 1. The number of aromatic nitrogens is 2. The topological polar surface area (TPSA) is 69.5 Å². The van der Waals surface area contributed by atoms with Crippen LogP contribution in [0, 0.1) is 11.3 Å². The fourth-order valence-corrected chi connectivity index (χ4v) is 3.44. The normalized spacial score (nSPS) is 10.9. The molecule has 0 aliphatic rings. The van der Waals surface area contributed by atoms with Gasteiger partial charge >= 0.3 is 0 Å². The van der Waals surface area contributed by atoms with Gasteiger partial charge in [-0.05, 0) is 35.6 Å². The Morgan fingerprint density at radius 2 is 1.90 bits per heavy atom. The molecule has 0 unspecified atom stereocenters. The van der Waals surface area contributed by atoms with Crippen molar-refractivity contribution in [2.45, 2.75) is 52.4 Å². The molecule has 3 rings (SSSR count). The smallest absolute Gasteiger partial charge is 0.254 e. The largest absolute Gasteiger partial charge is 0.310 e. The summed E-state index contributed by atoms with van der Waals surface area (Å²) >= 11 is 0. The molecule has 0 atom stereocenters. The van der Waals surface area contributed by atoms with E-state index < -0.39 is 0 Å². The number of aromatic amines is 1. The van der Waals surface area contributed by atoms with Gasteiger partial charge in [-0.1, -0.05) is 69.7 Å². The van der Waals surface area contributed by atoms with Crippen LogP contribution in [0.2, 0.25) is 0 Å². The highest BCUT2D eigenvalue weighted by Gasteiger charge is 2.15. The number of hydrogen-bond acceptors (Lipinski definition) is 3. The minimum atomic E-state index is -0.0690. The maximum atomic E-state index is 12.8. The summed E-state index contributed by atoms with van der Waals surface area (Å²) in [4.78, 5) is 20.5. The monoisotopic (exact) mass is 385 g/mol. The van der Waals surface area contributed by atoms with E-state index in [2.05, 4.69) is 18.0 Å². The third-order valence-corrected chi connectivity index (χ3v) is 5.10. The summed E-state index contributed by atoms with van der Waals surface area (Å²) < 4.78 is 0. The molecule has 1 aromatic heterocycles. The molecule has 0 bridgehead atoms. The molecule has 4 heteroatoms. The molecule has 0 saturated carbocycles. The second kappa shape index (κ2) is 9.34. The van der Waals surface area contributed by atoms with Crippen LogP contribution in [0.5, 0.6) is 0 Å². The first-order valence-corrected chi connectivity index (χ1v) is 10.2. The quantitative estimate of drug-likeness (QED) is 0.595. The van der Waals surface area contributed by atoms with Gasteiger partial charge in [-0.15, -0.1) is 0 Å². The third-order valence-electron chi connectivity index (χ3n) is 5.10. The van der Waals surface area contributed by atoms with Crippen LogP contribution < -0.4 is 5.56 Å². The lowest BCUT2D eigenvalue weighted by Crippen LogP contribution is -2.21. The summed E-state index contributed by atoms with van der Waals surface area (Å²) in [7, 11) is 0. The van der Waals surface area contributed by atoms with Crippen molar-refractivity contribution in [3.8, 4) is 17.2 Å². The first kappa shape index (κ1) is 20.5. The van der Waals surface area contributed by atoms with E-state index in [-0.39, 0.29) is 11.5 Å². The number of benzene rings is 2. The molecule has 0 aliphatic carbocycles. The van der Waals surface area contributed by atoms with Gasteiger partial charge in [-0.2, -0.15) is 5.26 Å². The average molecular weight is 386 g/mol. The molecule has 0 fully saturated rings. The summed E-state index contributed by atoms with van der Waals surface area (Å²) in [5.74, 6) is 0.912. The van der Waals surface area contributed by atoms with Gasteiger partial charge in [0.1, 0.15) is 5.82 Å². The zero-order valence-electron chi connectivity index (χ0n) is 17.3. The predicted octanol–water partition coefficient (Wildman–Crippen LogP) is 5.37. The van der Waals surface area contributed by atoms with E-state index >= 15 is 0 Å². The number of unbranched alkanes of at least 4 members (excludes halogenated alkanes) is 1. The molecular formula is C25H27N3O. The number of rotatable bonds is 7. The molecular weight excluding hydrogens is 358 g/mol. The van der Waals surface area contributed by atoms with Gasteiger partial charge in [-0.3, -0.25) is 4.79 Å². The van der Waals surface area contributed by atoms with Crippen molar-refractivity contribution in [1.82, 2.24) is 9.97 Å². The molecule has 148 valence electrons. The third kappa shape index (κ3) is 4.81. The van der Waals surface area contributed by atoms with Crippen LogP contribution in [0.3, 0.4) is 0 Å². The Morgan fingerprint density at radius 3 is 2.55 bits per heavy atom. The fraction of sp³-hybridized carbons (Fsp3) is 0.320. The van der Waals surface area contributed by atoms with Crippen molar-refractivity contribution in [1.29, 1.82) is 5.26 Å². The molecule has 0 spiro atoms. The summed E-state index contributed by atoms with van der Waals surface area (Å²) in [5.41, 5.74) is 5.01. The summed E-state index contributed by atoms with van der Waals surface area (Å²) in [6.07, 6.45) is 3.32. The van der Waals surface area contributed by atoms with E-state index in [0.717, 1.165) is 47.5 Å². The average Bonchev–Trinajstić information content (AvgIpc) is 2.74. The van der Waals surface area contributed by atoms with Crippen LogP contribution in [0.4, 0.5) is 0 Å². The lowest BCUT2D eigenvalue weighted by molar-refractivity contribution is 0.709. The number of nitrogens with one attached hydrogen (secondary N) is 1. The lowest BCUT2D eigenvalue weighted by Gasteiger charge is -2.13. The van der Waals surface area contributed by atoms with Gasteiger partial charge in [0.05, 0.1) is 17.3 Å². The van der Waals surface area contributed by atoms with Gasteiger partial charge in [0.25, 0.3) is 5.56 Å². The van der Waals surface area contributed by atoms with E-state index in [1.54, 1.807) is 0 Å². The molecule has 2 aromatic carbocycles. The second-order valence-corrected chi connectivity index (χ2v) is 7.67. The highest BCUT2D eigenvalue weighted by Crippen LogP contribution is 2.25. The standard InChI is InChI=1S/C25H27N3O/c1-4-5-11-23-22(25(29)28-24(27-23)17(2)3)15-18-12-13-21(20(14-18)16-26)19-9-7-6-8-10-19/h6-10,12-14,17H,4-5,11,15H2,1-3H3,(H,27,28,29). The highest BCUT2D eigenvalue weighted by molar-refractivity contribution is 5.71. The number of H-pyrrole nitrogens is 1. The highest BCUT2D eigenvalue weighted by atomic mass is 16.1. The van der Waals surface area contributed by atoms with E-state index in [4.69, 9.17) is 4.98 Å². The maximum Gasteiger partial charge on any atom is 0.254 e. The van der Waals surface area contributed by atoms with Gasteiger partial charge in [-0.25, -0.2) is 4.98 Å². The minimum absolute atomic E-state index is 0.0690. The van der Waals surface area contributed by atoms with Crippen molar-refractivity contribution in [3.05, 3.63) is 87.1 Å². The van der Waals surface area contributed by atoms with Crippen LogP contribution in [0.25, 0.3) is 11.1 Å². The molecule has 0 radical (unpaired) electrons. The molecule has 1 heterocycles. The van der Waals surface area contributed by atoms with E-state index in [9.17, 15) is 10.1 Å². The summed E-state index contributed by atoms with van der Waals surface area (Å²) in [6.45, 7) is 6.20. The summed E-state index contributed by atoms with van der Waals surface area (Å²) in [5, 5.41) is 9.66. The van der Waals surface area contributed by atoms with Crippen LogP contribution in [0.1, 0.15) is 67.7 Å². The summed E-state index contributed by atoms with van der Waals surface area (Å²) in [6, 6.07) is 18.1. The van der Waals surface area contributed by atoms with Crippen molar-refractivity contribution in [2.75, 3.05) is 0 Å². The van der Waals surface area contributed by atoms with Crippen LogP contribution >= 0.6 is 0 Å². The maximum absolute atomic E-state index is 12.8. The molecule has 29 heavy (non-hydrogen) atoms. The predicted molar refractivity (Wildman–Crippen MR) is 117 cm³/mol. The first-order valence-electron chi connectivity index (χ1n) is 10.2. The van der Waals surface area contributed by atoms with Gasteiger partial charge in [0.15, 0.2) is 0 Å². The first-order chi connectivity index (χ1) is 14.0. The van der Waals surface area contributed by atoms with Crippen molar-refractivity contribution < 1.29 is 0 Å². The van der Waals surface area contributed by atoms with Crippen LogP contribution in [0.15, 0.2) is 53.3 Å². The van der Waals surface area contributed by atoms with Crippen molar-refractivity contribution in [2.24, 2.45) is 0 Å². The SMILES string of the molecule is CCCCc1nc(C(C)C)[nH]c(=O)c1Cc1ccc(-c2ccccc2)c(C#N)c1. The Balaban J connectivity index is 1.99. The molecule has 0 aliphatic heterocycles. The zero-order chi connectivity index (χ0) is 20.8. The number of aryl methyl sites for hydroxylation is 1. The molecule has 0 amide bonds. The minimum Gasteiger partial charge on any atom is -0.310 e. The molecule has 0 saturated heterocycles. The van der Waals surface area contributed by atoms with Gasteiger partial charge in [0, 0.05) is 17.9 Å². The Hall–Kier alpha value is -3.19. The zero-order valence-corrected chi connectivity index (χ0v) is 17.3. The lowest BCUT2D eigenvalue weighted by atomic mass is 9.95. The van der Waals surface area contributed by atoms with Crippen molar-refractivity contribution in [3.63, 3.8) is 0 Å². The molecule has 1 N–H and O–H groups in total. The van der Waals surface area contributed by atoms with Gasteiger partial charge in [0.2, 0.25) is 0 Å². The molecule has 4 nitrogen and oxygen atoms in total. The Morgan fingerprint density at radius 1 is 1.14 bits per heavy atom. The van der Waals surface area contributed by atoms with Crippen LogP contribution in [-0.4, -0.2) is 9.97 Å². The molecule has 3 aromatic rings. The Bertz CT molecular complexity index is 1080. The Kier molecular flexibility index (Phi) is 6.61. The fourth-order valence-electron chi connectivity index (χ4n) is 3.44. The van der Waals surface area contributed by atoms with E-state index in [1.807, 2.05) is 62.4 Å². The number of hydrogen-bond donors (Lipinski definition) is 1. The van der Waals surface area contributed by atoms with Crippen molar-refractivity contribution >= 4 is 0 Å². The second-order valence-electron chi connectivity index (χ2n) is 7.67. The van der Waals surface area contributed by atoms with Crippen LogP contribution in [-0.2, 0) is 12.8 Å².